The predicted octanol–water partition coefficient (Wildman–Crippen LogP) is 3.41. The largest absolute Gasteiger partial charge is 0.460 e. The Bertz CT molecular complexity index is 920. The van der Waals surface area contributed by atoms with E-state index in [0.717, 1.165) is 17.4 Å². The minimum atomic E-state index is -3.66. The molecule has 2 atom stereocenters. The number of ether oxygens (including phenoxy) is 1. The Balaban J connectivity index is 2.30. The minimum Gasteiger partial charge on any atom is -0.460 e. The van der Waals surface area contributed by atoms with Crippen LogP contribution in [0.1, 0.15) is 44.2 Å². The Kier molecular flexibility index (Phi) is 7.43. The quantitative estimate of drug-likeness (QED) is 0.520. The average Bonchev–Trinajstić information content (AvgIpc) is 2.57. The molecule has 0 aliphatic heterocycles. The van der Waals surface area contributed by atoms with Crippen LogP contribution in [0, 0.1) is 0 Å². The van der Waals surface area contributed by atoms with Crippen LogP contribution in [-0.2, 0) is 26.1 Å². The number of rotatable bonds is 8. The summed E-state index contributed by atoms with van der Waals surface area (Å²) in [6.07, 6.45) is 1.62. The molecule has 7 heteroatoms. The monoisotopic (exact) mass is 419 g/mol. The average molecular weight is 420 g/mol. The van der Waals surface area contributed by atoms with E-state index in [1.807, 2.05) is 57.2 Å². The fourth-order valence-electron chi connectivity index (χ4n) is 3.08. The van der Waals surface area contributed by atoms with E-state index in [0.29, 0.717) is 6.42 Å². The van der Waals surface area contributed by atoms with Crippen molar-refractivity contribution in [3.05, 3.63) is 65.7 Å². The first-order valence-corrected chi connectivity index (χ1v) is 11.3. The summed E-state index contributed by atoms with van der Waals surface area (Å²) in [5.74, 6) is -0.542. The first-order valence-electron chi connectivity index (χ1n) is 9.44. The molecule has 0 amide bonds. The first kappa shape index (κ1) is 22.9. The standard InChI is InChI=1S/C22H29NO5S/c1-22(2,3)27-21(24)15-19(20(23)13-16-9-6-5-7-10-16)17-11-8-12-18(14-17)28-29(4,25)26/h5-12,14,19-20H,13,15,23H2,1-4H3. The SMILES string of the molecule is CC(C)(C)OC(=O)CC(c1cccc(OS(C)(=O)=O)c1)C(N)Cc1ccccc1. The van der Waals surface area contributed by atoms with E-state index in [1.165, 1.54) is 0 Å². The third kappa shape index (κ3) is 8.25. The van der Waals surface area contributed by atoms with E-state index in [2.05, 4.69) is 0 Å². The van der Waals surface area contributed by atoms with Crippen LogP contribution in [0.5, 0.6) is 5.75 Å². The fourth-order valence-corrected chi connectivity index (χ4v) is 3.53. The van der Waals surface area contributed by atoms with Crippen molar-refractivity contribution in [1.82, 2.24) is 0 Å². The van der Waals surface area contributed by atoms with Crippen LogP contribution in [0.25, 0.3) is 0 Å². The summed E-state index contributed by atoms with van der Waals surface area (Å²) in [6.45, 7) is 5.43. The Morgan fingerprint density at radius 1 is 1.07 bits per heavy atom. The third-order valence-corrected chi connectivity index (χ3v) is 4.67. The molecule has 2 aromatic rings. The highest BCUT2D eigenvalue weighted by Gasteiger charge is 2.27. The second-order valence-electron chi connectivity index (χ2n) is 8.11. The molecule has 0 bridgehead atoms. The van der Waals surface area contributed by atoms with E-state index in [4.69, 9.17) is 14.7 Å². The van der Waals surface area contributed by atoms with Crippen molar-refractivity contribution in [2.75, 3.05) is 6.26 Å². The van der Waals surface area contributed by atoms with E-state index in [-0.39, 0.29) is 30.1 Å². The molecule has 0 aromatic heterocycles. The van der Waals surface area contributed by atoms with E-state index >= 15 is 0 Å². The molecule has 0 spiro atoms. The summed E-state index contributed by atoms with van der Waals surface area (Å²) in [6, 6.07) is 16.1. The van der Waals surface area contributed by atoms with Crippen molar-refractivity contribution in [1.29, 1.82) is 0 Å². The van der Waals surface area contributed by atoms with Gasteiger partial charge in [-0.2, -0.15) is 8.42 Å². The molecule has 0 heterocycles. The van der Waals surface area contributed by atoms with Gasteiger partial charge in [0.2, 0.25) is 0 Å². The molecule has 158 valence electrons. The summed E-state index contributed by atoms with van der Waals surface area (Å²) in [7, 11) is -3.66. The van der Waals surface area contributed by atoms with Crippen molar-refractivity contribution in [3.63, 3.8) is 0 Å². The Labute approximate surface area is 173 Å². The molecule has 0 aliphatic carbocycles. The fraction of sp³-hybridized carbons (Fsp3) is 0.409. The van der Waals surface area contributed by atoms with Crippen molar-refractivity contribution >= 4 is 16.1 Å². The number of esters is 1. The molecule has 2 N–H and O–H groups in total. The molecule has 2 aromatic carbocycles. The highest BCUT2D eigenvalue weighted by molar-refractivity contribution is 7.86. The van der Waals surface area contributed by atoms with Crippen LogP contribution >= 0.6 is 0 Å². The van der Waals surface area contributed by atoms with Gasteiger partial charge >= 0.3 is 16.1 Å². The van der Waals surface area contributed by atoms with E-state index < -0.39 is 15.7 Å². The van der Waals surface area contributed by atoms with Crippen molar-refractivity contribution in [2.45, 2.75) is 51.2 Å². The van der Waals surface area contributed by atoms with Crippen molar-refractivity contribution in [3.8, 4) is 5.75 Å². The van der Waals surface area contributed by atoms with Gasteiger partial charge in [-0.3, -0.25) is 4.79 Å². The van der Waals surface area contributed by atoms with Gasteiger partial charge in [-0.15, -0.1) is 0 Å². The molecule has 29 heavy (non-hydrogen) atoms. The van der Waals surface area contributed by atoms with Gasteiger partial charge in [0, 0.05) is 12.0 Å². The lowest BCUT2D eigenvalue weighted by Crippen LogP contribution is -2.34. The molecule has 2 unspecified atom stereocenters. The lowest BCUT2D eigenvalue weighted by molar-refractivity contribution is -0.155. The lowest BCUT2D eigenvalue weighted by atomic mass is 9.85. The van der Waals surface area contributed by atoms with Crippen LogP contribution in [0.15, 0.2) is 54.6 Å². The maximum Gasteiger partial charge on any atom is 0.306 e. The highest BCUT2D eigenvalue weighted by atomic mass is 32.2. The zero-order valence-corrected chi connectivity index (χ0v) is 18.1. The molecule has 6 nitrogen and oxygen atoms in total. The number of benzene rings is 2. The van der Waals surface area contributed by atoms with Gasteiger partial charge in [-0.05, 0) is 50.5 Å². The van der Waals surface area contributed by atoms with E-state index in [1.54, 1.807) is 18.2 Å². The summed E-state index contributed by atoms with van der Waals surface area (Å²) >= 11 is 0. The molecule has 0 saturated heterocycles. The van der Waals surface area contributed by atoms with Gasteiger partial charge in [0.15, 0.2) is 0 Å². The number of nitrogens with two attached hydrogens (primary N) is 1. The van der Waals surface area contributed by atoms with Gasteiger partial charge in [-0.1, -0.05) is 42.5 Å². The molecule has 0 radical (unpaired) electrons. The van der Waals surface area contributed by atoms with Crippen LogP contribution in [0.3, 0.4) is 0 Å². The number of carbonyl (C=O) groups is 1. The molecule has 0 fully saturated rings. The van der Waals surface area contributed by atoms with Crippen molar-refractivity contribution in [2.24, 2.45) is 5.73 Å². The second-order valence-corrected chi connectivity index (χ2v) is 9.69. The van der Waals surface area contributed by atoms with Gasteiger partial charge in [0.05, 0.1) is 12.7 Å². The van der Waals surface area contributed by atoms with E-state index in [9.17, 15) is 13.2 Å². The number of hydrogen-bond acceptors (Lipinski definition) is 6. The summed E-state index contributed by atoms with van der Waals surface area (Å²) in [5, 5.41) is 0. The maximum absolute atomic E-state index is 12.5. The van der Waals surface area contributed by atoms with Crippen LogP contribution in [-0.4, -0.2) is 32.3 Å². The van der Waals surface area contributed by atoms with Crippen LogP contribution in [0.2, 0.25) is 0 Å². The second kappa shape index (κ2) is 9.41. The normalized spacial score (nSPS) is 14.1. The van der Waals surface area contributed by atoms with Crippen LogP contribution < -0.4 is 9.92 Å². The molecular weight excluding hydrogens is 390 g/mol. The summed E-state index contributed by atoms with van der Waals surface area (Å²) < 4.78 is 33.4. The zero-order valence-electron chi connectivity index (χ0n) is 17.3. The smallest absolute Gasteiger partial charge is 0.306 e. The van der Waals surface area contributed by atoms with Gasteiger partial charge in [-0.25, -0.2) is 0 Å². The first-order chi connectivity index (χ1) is 13.4. The van der Waals surface area contributed by atoms with Gasteiger partial charge in [0.1, 0.15) is 11.4 Å². The molecule has 2 rings (SSSR count). The maximum atomic E-state index is 12.5. The molecular formula is C22H29NO5S. The number of hydrogen-bond donors (Lipinski definition) is 1. The molecule has 0 saturated carbocycles. The Morgan fingerprint density at radius 3 is 2.31 bits per heavy atom. The van der Waals surface area contributed by atoms with Crippen molar-refractivity contribution < 1.29 is 22.1 Å². The molecule has 0 aliphatic rings. The Morgan fingerprint density at radius 2 is 1.72 bits per heavy atom. The topological polar surface area (TPSA) is 95.7 Å². The highest BCUT2D eigenvalue weighted by Crippen LogP contribution is 2.29. The summed E-state index contributed by atoms with van der Waals surface area (Å²) in [4.78, 5) is 12.5. The Hall–Kier alpha value is -2.38. The van der Waals surface area contributed by atoms with Gasteiger partial charge in [0.25, 0.3) is 0 Å². The van der Waals surface area contributed by atoms with Crippen LogP contribution in [0.4, 0.5) is 0 Å². The predicted molar refractivity (Wildman–Crippen MR) is 113 cm³/mol. The minimum absolute atomic E-state index is 0.0770. The summed E-state index contributed by atoms with van der Waals surface area (Å²) in [5.41, 5.74) is 7.68. The third-order valence-electron chi connectivity index (χ3n) is 4.17. The number of carbonyl (C=O) groups excluding carboxylic acids is 1. The lowest BCUT2D eigenvalue weighted by Gasteiger charge is -2.26. The van der Waals surface area contributed by atoms with Gasteiger partial charge < -0.3 is 14.7 Å². The zero-order chi connectivity index (χ0) is 21.7.